The molecule has 5 heteroatoms. The van der Waals surface area contributed by atoms with Crippen molar-refractivity contribution in [2.24, 2.45) is 0 Å². The van der Waals surface area contributed by atoms with Crippen LogP contribution >= 0.6 is 0 Å². The smallest absolute Gasteiger partial charge is 0.388 e. The minimum atomic E-state index is -4.36. The van der Waals surface area contributed by atoms with Crippen molar-refractivity contribution in [1.82, 2.24) is 0 Å². The summed E-state index contributed by atoms with van der Waals surface area (Å²) in [6, 6.07) is 2.09. The van der Waals surface area contributed by atoms with Gasteiger partial charge >= 0.3 is 6.18 Å². The molecular formula is C11H13F3N2. The minimum Gasteiger partial charge on any atom is -0.388 e. The Labute approximate surface area is 92.0 Å². The third-order valence-electron chi connectivity index (χ3n) is 2.31. The molecule has 0 aromatic heterocycles. The Morgan fingerprint density at radius 1 is 1.31 bits per heavy atom. The Kier molecular flexibility index (Phi) is 3.26. The van der Waals surface area contributed by atoms with E-state index in [0.717, 1.165) is 12.1 Å². The van der Waals surface area contributed by atoms with Gasteiger partial charge in [0.25, 0.3) is 0 Å². The van der Waals surface area contributed by atoms with Crippen molar-refractivity contribution in [2.75, 3.05) is 12.4 Å². The van der Waals surface area contributed by atoms with Crippen LogP contribution < -0.4 is 5.32 Å². The van der Waals surface area contributed by atoms with Gasteiger partial charge in [0.2, 0.25) is 0 Å². The zero-order valence-corrected chi connectivity index (χ0v) is 9.29. The summed E-state index contributed by atoms with van der Waals surface area (Å²) >= 11 is 0. The molecular weight excluding hydrogens is 217 g/mol. The molecule has 1 rings (SSSR count). The Morgan fingerprint density at radius 2 is 1.88 bits per heavy atom. The maximum atomic E-state index is 12.5. The average molecular weight is 230 g/mol. The lowest BCUT2D eigenvalue weighted by Crippen LogP contribution is -2.10. The number of aryl methyl sites for hydroxylation is 1. The summed E-state index contributed by atoms with van der Waals surface area (Å²) in [6.07, 6.45) is -4.36. The maximum Gasteiger partial charge on any atom is 0.416 e. The van der Waals surface area contributed by atoms with E-state index in [4.69, 9.17) is 5.41 Å². The van der Waals surface area contributed by atoms with Crippen LogP contribution in [0.4, 0.5) is 18.9 Å². The standard InChI is InChI=1S/C11H13F3N2/c1-6-4-8(11(12,13)14)5-9(16-3)10(6)7(2)15/h4-5,15-16H,1-3H3. The van der Waals surface area contributed by atoms with E-state index in [2.05, 4.69) is 5.32 Å². The summed E-state index contributed by atoms with van der Waals surface area (Å²) < 4.78 is 37.6. The molecule has 0 amide bonds. The molecule has 0 aliphatic rings. The normalized spacial score (nSPS) is 11.4. The van der Waals surface area contributed by atoms with Gasteiger partial charge in [-0.25, -0.2) is 0 Å². The molecule has 0 atom stereocenters. The first-order valence-corrected chi connectivity index (χ1v) is 4.72. The van der Waals surface area contributed by atoms with Gasteiger partial charge in [-0.05, 0) is 31.5 Å². The van der Waals surface area contributed by atoms with Crippen molar-refractivity contribution in [2.45, 2.75) is 20.0 Å². The molecule has 0 unspecified atom stereocenters. The zero-order valence-electron chi connectivity index (χ0n) is 9.29. The predicted octanol–water partition coefficient (Wildman–Crippen LogP) is 3.44. The van der Waals surface area contributed by atoms with Crippen LogP contribution in [0.3, 0.4) is 0 Å². The molecule has 0 saturated carbocycles. The number of rotatable bonds is 2. The molecule has 88 valence electrons. The summed E-state index contributed by atoms with van der Waals surface area (Å²) in [4.78, 5) is 0. The second-order valence-electron chi connectivity index (χ2n) is 3.59. The van der Waals surface area contributed by atoms with Gasteiger partial charge in [-0.1, -0.05) is 0 Å². The number of hydrogen-bond donors (Lipinski definition) is 2. The number of hydrogen-bond acceptors (Lipinski definition) is 2. The van der Waals surface area contributed by atoms with Crippen LogP contribution in [0.25, 0.3) is 0 Å². The molecule has 0 bridgehead atoms. The highest BCUT2D eigenvalue weighted by molar-refractivity contribution is 6.02. The molecule has 0 aliphatic carbocycles. The summed E-state index contributed by atoms with van der Waals surface area (Å²) in [6.45, 7) is 3.12. The van der Waals surface area contributed by atoms with Crippen molar-refractivity contribution in [3.05, 3.63) is 28.8 Å². The first kappa shape index (κ1) is 12.5. The number of nitrogens with one attached hydrogen (secondary N) is 2. The molecule has 0 saturated heterocycles. The molecule has 1 aromatic rings. The fourth-order valence-electron chi connectivity index (χ4n) is 1.65. The van der Waals surface area contributed by atoms with Gasteiger partial charge in [0, 0.05) is 24.0 Å². The largest absolute Gasteiger partial charge is 0.416 e. The Bertz CT molecular complexity index is 422. The Balaban J connectivity index is 3.44. The van der Waals surface area contributed by atoms with E-state index in [9.17, 15) is 13.2 Å². The van der Waals surface area contributed by atoms with E-state index < -0.39 is 11.7 Å². The van der Waals surface area contributed by atoms with Gasteiger partial charge in [-0.15, -0.1) is 0 Å². The number of halogens is 3. The van der Waals surface area contributed by atoms with Crippen LogP contribution in [0.5, 0.6) is 0 Å². The monoisotopic (exact) mass is 230 g/mol. The molecule has 0 spiro atoms. The van der Waals surface area contributed by atoms with E-state index in [0.29, 0.717) is 16.8 Å². The van der Waals surface area contributed by atoms with E-state index in [1.165, 1.54) is 0 Å². The van der Waals surface area contributed by atoms with Crippen LogP contribution in [0.2, 0.25) is 0 Å². The first-order chi connectivity index (χ1) is 7.27. The van der Waals surface area contributed by atoms with E-state index in [1.54, 1.807) is 20.9 Å². The second kappa shape index (κ2) is 4.15. The van der Waals surface area contributed by atoms with Crippen molar-refractivity contribution in [1.29, 1.82) is 5.41 Å². The summed E-state index contributed by atoms with van der Waals surface area (Å²) in [5, 5.41) is 10.2. The molecule has 16 heavy (non-hydrogen) atoms. The molecule has 2 nitrogen and oxygen atoms in total. The average Bonchev–Trinajstić information content (AvgIpc) is 2.14. The van der Waals surface area contributed by atoms with Gasteiger partial charge in [-0.2, -0.15) is 13.2 Å². The molecule has 1 aromatic carbocycles. The molecule has 0 radical (unpaired) electrons. The van der Waals surface area contributed by atoms with Crippen molar-refractivity contribution in [3.8, 4) is 0 Å². The molecule has 0 fully saturated rings. The fraction of sp³-hybridized carbons (Fsp3) is 0.364. The van der Waals surface area contributed by atoms with Crippen LogP contribution in [0, 0.1) is 12.3 Å². The summed E-state index contributed by atoms with van der Waals surface area (Å²) in [5.41, 5.74) is 0.858. The number of benzene rings is 1. The second-order valence-corrected chi connectivity index (χ2v) is 3.59. The van der Waals surface area contributed by atoms with E-state index in [-0.39, 0.29) is 5.71 Å². The van der Waals surface area contributed by atoms with Crippen LogP contribution in [-0.2, 0) is 6.18 Å². The Hall–Kier alpha value is -1.52. The van der Waals surface area contributed by atoms with Gasteiger partial charge in [0.15, 0.2) is 0 Å². The highest BCUT2D eigenvalue weighted by Gasteiger charge is 2.31. The number of anilines is 1. The van der Waals surface area contributed by atoms with Crippen molar-refractivity contribution < 1.29 is 13.2 Å². The minimum absolute atomic E-state index is 0.246. The van der Waals surface area contributed by atoms with Gasteiger partial charge in [0.05, 0.1) is 5.56 Å². The third-order valence-corrected chi connectivity index (χ3v) is 2.31. The summed E-state index contributed by atoms with van der Waals surface area (Å²) in [7, 11) is 1.54. The first-order valence-electron chi connectivity index (χ1n) is 4.72. The van der Waals surface area contributed by atoms with Crippen molar-refractivity contribution in [3.63, 3.8) is 0 Å². The fourth-order valence-corrected chi connectivity index (χ4v) is 1.65. The molecule has 0 aliphatic heterocycles. The highest BCUT2D eigenvalue weighted by atomic mass is 19.4. The lowest BCUT2D eigenvalue weighted by atomic mass is 9.99. The van der Waals surface area contributed by atoms with Gasteiger partial charge in [0.1, 0.15) is 0 Å². The van der Waals surface area contributed by atoms with Gasteiger partial charge < -0.3 is 10.7 Å². The van der Waals surface area contributed by atoms with Crippen LogP contribution in [0.15, 0.2) is 12.1 Å². The quantitative estimate of drug-likeness (QED) is 0.750. The van der Waals surface area contributed by atoms with E-state index >= 15 is 0 Å². The predicted molar refractivity (Wildman–Crippen MR) is 58.2 cm³/mol. The van der Waals surface area contributed by atoms with Gasteiger partial charge in [-0.3, -0.25) is 0 Å². The maximum absolute atomic E-state index is 12.5. The number of alkyl halides is 3. The van der Waals surface area contributed by atoms with Crippen molar-refractivity contribution >= 4 is 11.4 Å². The topological polar surface area (TPSA) is 35.9 Å². The lowest BCUT2D eigenvalue weighted by molar-refractivity contribution is -0.137. The third kappa shape index (κ3) is 2.35. The van der Waals surface area contributed by atoms with Crippen LogP contribution in [-0.4, -0.2) is 12.8 Å². The lowest BCUT2D eigenvalue weighted by Gasteiger charge is -2.15. The summed E-state index contributed by atoms with van der Waals surface area (Å²) in [5.74, 6) is 0. The molecule has 0 heterocycles. The zero-order chi connectivity index (χ0) is 12.5. The SMILES string of the molecule is CNc1cc(C(F)(F)F)cc(C)c1C(C)=N. The van der Waals surface area contributed by atoms with Crippen LogP contribution in [0.1, 0.15) is 23.6 Å². The molecule has 2 N–H and O–H groups in total. The Morgan fingerprint density at radius 3 is 2.25 bits per heavy atom. The van der Waals surface area contributed by atoms with E-state index in [1.807, 2.05) is 0 Å². The highest BCUT2D eigenvalue weighted by Crippen LogP contribution is 2.33.